The first-order chi connectivity index (χ1) is 14.5. The standard InChI is InChI=1S/C22H18N2O5S/c1-13(24-20(25)17-8-3-4-9-18(17)21(24)26)22(27)29-11-15-12-30-19(23-15)14-6-5-7-16(10-14)28-2/h3-10,12-13H,11H2,1-2H3. The van der Waals surface area contributed by atoms with E-state index in [2.05, 4.69) is 4.98 Å². The van der Waals surface area contributed by atoms with E-state index in [1.807, 2.05) is 24.3 Å². The molecule has 0 spiro atoms. The predicted octanol–water partition coefficient (Wildman–Crippen LogP) is 3.55. The van der Waals surface area contributed by atoms with Gasteiger partial charge in [-0.25, -0.2) is 9.78 Å². The predicted molar refractivity (Wildman–Crippen MR) is 110 cm³/mol. The van der Waals surface area contributed by atoms with Gasteiger partial charge in [0.05, 0.1) is 23.9 Å². The maximum absolute atomic E-state index is 12.5. The van der Waals surface area contributed by atoms with E-state index < -0.39 is 23.8 Å². The van der Waals surface area contributed by atoms with Crippen LogP contribution in [-0.2, 0) is 16.1 Å². The second kappa shape index (κ2) is 8.08. The first-order valence-corrected chi connectivity index (χ1v) is 10.1. The second-order valence-corrected chi connectivity index (χ2v) is 7.54. The lowest BCUT2D eigenvalue weighted by Gasteiger charge is -2.20. The van der Waals surface area contributed by atoms with Crippen LogP contribution in [0.2, 0.25) is 0 Å². The van der Waals surface area contributed by atoms with Crippen LogP contribution < -0.4 is 4.74 Å². The minimum Gasteiger partial charge on any atom is -0.497 e. The molecule has 1 unspecified atom stereocenters. The molecule has 0 saturated carbocycles. The Morgan fingerprint density at radius 1 is 1.10 bits per heavy atom. The van der Waals surface area contributed by atoms with E-state index in [9.17, 15) is 14.4 Å². The number of rotatable bonds is 6. The number of carbonyl (C=O) groups excluding carboxylic acids is 3. The summed E-state index contributed by atoms with van der Waals surface area (Å²) in [6, 6.07) is 13.0. The summed E-state index contributed by atoms with van der Waals surface area (Å²) in [6.45, 7) is 1.43. The molecule has 30 heavy (non-hydrogen) atoms. The molecule has 3 aromatic rings. The van der Waals surface area contributed by atoms with Crippen molar-refractivity contribution in [3.8, 4) is 16.3 Å². The maximum Gasteiger partial charge on any atom is 0.329 e. The highest BCUT2D eigenvalue weighted by Gasteiger charge is 2.41. The molecule has 8 heteroatoms. The number of imide groups is 1. The Hall–Kier alpha value is -3.52. The number of nitrogens with zero attached hydrogens (tertiary/aromatic N) is 2. The van der Waals surface area contributed by atoms with E-state index in [1.54, 1.807) is 36.8 Å². The molecule has 0 radical (unpaired) electrons. The van der Waals surface area contributed by atoms with Gasteiger partial charge in [-0.2, -0.15) is 0 Å². The van der Waals surface area contributed by atoms with Crippen LogP contribution in [0.4, 0.5) is 0 Å². The van der Waals surface area contributed by atoms with Crippen LogP contribution in [0.1, 0.15) is 33.3 Å². The minimum absolute atomic E-state index is 0.0488. The summed E-state index contributed by atoms with van der Waals surface area (Å²) in [5.74, 6) is -0.922. The van der Waals surface area contributed by atoms with Crippen molar-refractivity contribution in [1.29, 1.82) is 0 Å². The quantitative estimate of drug-likeness (QED) is 0.446. The molecule has 1 atom stereocenters. The zero-order valence-corrected chi connectivity index (χ0v) is 17.1. The molecule has 2 amide bonds. The van der Waals surface area contributed by atoms with Crippen LogP contribution in [0.5, 0.6) is 5.75 Å². The Bertz CT molecular complexity index is 1100. The van der Waals surface area contributed by atoms with E-state index in [1.165, 1.54) is 18.3 Å². The number of benzene rings is 2. The fourth-order valence-corrected chi connectivity index (χ4v) is 3.99. The summed E-state index contributed by atoms with van der Waals surface area (Å²) in [6.07, 6.45) is 0. The smallest absolute Gasteiger partial charge is 0.329 e. The van der Waals surface area contributed by atoms with Crippen molar-refractivity contribution in [1.82, 2.24) is 9.88 Å². The van der Waals surface area contributed by atoms with Gasteiger partial charge in [0.15, 0.2) is 0 Å². The van der Waals surface area contributed by atoms with Crippen LogP contribution in [-0.4, -0.2) is 40.8 Å². The van der Waals surface area contributed by atoms with E-state index in [0.717, 1.165) is 21.2 Å². The number of hydrogen-bond donors (Lipinski definition) is 0. The maximum atomic E-state index is 12.5. The summed E-state index contributed by atoms with van der Waals surface area (Å²) < 4.78 is 10.6. The van der Waals surface area contributed by atoms with Crippen LogP contribution in [0.25, 0.3) is 10.6 Å². The van der Waals surface area contributed by atoms with Crippen LogP contribution >= 0.6 is 11.3 Å². The van der Waals surface area contributed by atoms with Crippen LogP contribution in [0, 0.1) is 0 Å². The first kappa shape index (κ1) is 19.8. The fraction of sp³-hybridized carbons (Fsp3) is 0.182. The number of amides is 2. The van der Waals surface area contributed by atoms with Crippen LogP contribution in [0.15, 0.2) is 53.9 Å². The van der Waals surface area contributed by atoms with Gasteiger partial charge in [0, 0.05) is 10.9 Å². The summed E-state index contributed by atoms with van der Waals surface area (Å²) in [5, 5.41) is 2.57. The van der Waals surface area contributed by atoms with Crippen molar-refractivity contribution in [2.45, 2.75) is 19.6 Å². The lowest BCUT2D eigenvalue weighted by Crippen LogP contribution is -2.43. The molecule has 0 fully saturated rings. The van der Waals surface area contributed by atoms with Gasteiger partial charge in [0.25, 0.3) is 11.8 Å². The van der Waals surface area contributed by atoms with Crippen molar-refractivity contribution < 1.29 is 23.9 Å². The van der Waals surface area contributed by atoms with Crippen molar-refractivity contribution in [3.05, 3.63) is 70.7 Å². The second-order valence-electron chi connectivity index (χ2n) is 6.69. The normalized spacial score (nSPS) is 13.9. The van der Waals surface area contributed by atoms with Crippen LogP contribution in [0.3, 0.4) is 0 Å². The van der Waals surface area contributed by atoms with Gasteiger partial charge in [-0.05, 0) is 31.2 Å². The highest BCUT2D eigenvalue weighted by molar-refractivity contribution is 7.13. The number of methoxy groups -OCH3 is 1. The Labute approximate surface area is 176 Å². The Kier molecular flexibility index (Phi) is 5.33. The number of hydrogen-bond acceptors (Lipinski definition) is 7. The number of fused-ring (bicyclic) bond motifs is 1. The molecule has 0 aliphatic carbocycles. The molecule has 1 aliphatic heterocycles. The van der Waals surface area contributed by atoms with Crippen molar-refractivity contribution >= 4 is 29.1 Å². The molecule has 2 heterocycles. The molecule has 1 aromatic heterocycles. The molecule has 1 aliphatic rings. The average molecular weight is 422 g/mol. The number of thiazole rings is 1. The van der Waals surface area contributed by atoms with E-state index >= 15 is 0 Å². The van der Waals surface area contributed by atoms with Crippen molar-refractivity contribution in [2.75, 3.05) is 7.11 Å². The topological polar surface area (TPSA) is 85.8 Å². The SMILES string of the molecule is COc1cccc(-c2nc(COC(=O)C(C)N3C(=O)c4ccccc4C3=O)cs2)c1. The van der Waals surface area contributed by atoms with E-state index in [4.69, 9.17) is 9.47 Å². The van der Waals surface area contributed by atoms with Gasteiger partial charge in [-0.3, -0.25) is 14.5 Å². The summed E-state index contributed by atoms with van der Waals surface area (Å²) >= 11 is 1.42. The fourth-order valence-electron chi connectivity index (χ4n) is 3.19. The van der Waals surface area contributed by atoms with E-state index in [-0.39, 0.29) is 6.61 Å². The van der Waals surface area contributed by atoms with Gasteiger partial charge in [0.2, 0.25) is 0 Å². The zero-order chi connectivity index (χ0) is 21.3. The van der Waals surface area contributed by atoms with E-state index in [0.29, 0.717) is 16.8 Å². The number of carbonyl (C=O) groups is 3. The third kappa shape index (κ3) is 3.57. The Morgan fingerprint density at radius 3 is 2.47 bits per heavy atom. The molecule has 152 valence electrons. The molecular weight excluding hydrogens is 404 g/mol. The third-order valence-electron chi connectivity index (χ3n) is 4.78. The summed E-state index contributed by atoms with van der Waals surface area (Å²) in [7, 11) is 1.60. The molecule has 0 saturated heterocycles. The largest absolute Gasteiger partial charge is 0.497 e. The monoisotopic (exact) mass is 422 g/mol. The van der Waals surface area contributed by atoms with Gasteiger partial charge in [-0.1, -0.05) is 24.3 Å². The molecular formula is C22H18N2O5S. The van der Waals surface area contributed by atoms with Gasteiger partial charge in [-0.15, -0.1) is 11.3 Å². The Balaban J connectivity index is 1.41. The summed E-state index contributed by atoms with van der Waals surface area (Å²) in [5.41, 5.74) is 2.08. The lowest BCUT2D eigenvalue weighted by molar-refractivity contribution is -0.149. The molecule has 7 nitrogen and oxygen atoms in total. The Morgan fingerprint density at radius 2 is 1.80 bits per heavy atom. The lowest BCUT2D eigenvalue weighted by atomic mass is 10.1. The minimum atomic E-state index is -1.03. The van der Waals surface area contributed by atoms with Gasteiger partial charge >= 0.3 is 5.97 Å². The molecule has 4 rings (SSSR count). The van der Waals surface area contributed by atoms with Crippen molar-refractivity contribution in [2.24, 2.45) is 0 Å². The van der Waals surface area contributed by atoms with Gasteiger partial charge < -0.3 is 9.47 Å². The highest BCUT2D eigenvalue weighted by Crippen LogP contribution is 2.28. The number of ether oxygens (including phenoxy) is 2. The summed E-state index contributed by atoms with van der Waals surface area (Å²) in [4.78, 5) is 43.0. The molecule has 0 bridgehead atoms. The molecule has 2 aromatic carbocycles. The first-order valence-electron chi connectivity index (χ1n) is 9.22. The van der Waals surface area contributed by atoms with Gasteiger partial charge in [0.1, 0.15) is 23.4 Å². The number of esters is 1. The average Bonchev–Trinajstić information content (AvgIpc) is 3.35. The zero-order valence-electron chi connectivity index (χ0n) is 16.3. The third-order valence-corrected chi connectivity index (χ3v) is 5.72. The highest BCUT2D eigenvalue weighted by atomic mass is 32.1. The number of aromatic nitrogens is 1. The molecule has 0 N–H and O–H groups in total. The van der Waals surface area contributed by atoms with Crippen molar-refractivity contribution in [3.63, 3.8) is 0 Å².